The van der Waals surface area contributed by atoms with Crippen LogP contribution >= 0.6 is 0 Å². The molecule has 1 atom stereocenters. The molecule has 2 heterocycles. The lowest BCUT2D eigenvalue weighted by molar-refractivity contribution is -0.117. The number of Topliss-reactive ketones (excluding diaryl/α,β-unsaturated/α-hetero) is 1. The van der Waals surface area contributed by atoms with E-state index in [0.717, 1.165) is 12.8 Å². The number of aromatic nitrogens is 2. The summed E-state index contributed by atoms with van der Waals surface area (Å²) in [5, 5.41) is 0.107. The van der Waals surface area contributed by atoms with Gasteiger partial charge in [0.2, 0.25) is 0 Å². The number of carbonyl (C=O) groups is 1. The number of imidazole rings is 1. The summed E-state index contributed by atoms with van der Waals surface area (Å²) in [5.74, 6) is 0.582. The van der Waals surface area contributed by atoms with Crippen LogP contribution in [0.4, 0.5) is 0 Å². The number of aryl methyl sites for hydroxylation is 1. The van der Waals surface area contributed by atoms with E-state index < -0.39 is 10.0 Å². The molecule has 1 aliphatic rings. The van der Waals surface area contributed by atoms with Crippen LogP contribution in [0.1, 0.15) is 32.0 Å². The smallest absolute Gasteiger partial charge is 0.260 e. The third-order valence-electron chi connectivity index (χ3n) is 3.11. The van der Waals surface area contributed by atoms with Gasteiger partial charge in [-0.2, -0.15) is 4.31 Å². The summed E-state index contributed by atoms with van der Waals surface area (Å²) in [4.78, 5) is 17.8. The number of nitrogens with one attached hydrogen (secondary N) is 1. The topological polar surface area (TPSA) is 83.1 Å². The zero-order chi connectivity index (χ0) is 13.3. The van der Waals surface area contributed by atoms with E-state index in [9.17, 15) is 13.2 Å². The van der Waals surface area contributed by atoms with Crippen LogP contribution in [0.3, 0.4) is 0 Å². The molecule has 0 aromatic carbocycles. The molecule has 18 heavy (non-hydrogen) atoms. The monoisotopic (exact) mass is 271 g/mol. The summed E-state index contributed by atoms with van der Waals surface area (Å²) in [7, 11) is -3.55. The van der Waals surface area contributed by atoms with Crippen molar-refractivity contribution >= 4 is 15.8 Å². The molecule has 0 amide bonds. The van der Waals surface area contributed by atoms with E-state index in [1.54, 1.807) is 6.92 Å². The minimum atomic E-state index is -3.55. The molecule has 0 spiro atoms. The maximum Gasteiger partial charge on any atom is 0.260 e. The second-order valence-electron chi connectivity index (χ2n) is 4.65. The predicted molar refractivity (Wildman–Crippen MR) is 65.5 cm³/mol. The fourth-order valence-electron chi connectivity index (χ4n) is 2.32. The number of nitrogens with zero attached hydrogens (tertiary/aromatic N) is 2. The van der Waals surface area contributed by atoms with Crippen molar-refractivity contribution < 1.29 is 13.2 Å². The van der Waals surface area contributed by atoms with E-state index in [1.165, 1.54) is 17.4 Å². The van der Waals surface area contributed by atoms with Crippen LogP contribution in [0.15, 0.2) is 11.2 Å². The maximum absolute atomic E-state index is 12.4. The molecule has 100 valence electrons. The first kappa shape index (κ1) is 13.2. The van der Waals surface area contributed by atoms with Crippen LogP contribution in [0.25, 0.3) is 0 Å². The van der Waals surface area contributed by atoms with Gasteiger partial charge < -0.3 is 4.98 Å². The Morgan fingerprint density at radius 3 is 2.89 bits per heavy atom. The number of hydrogen-bond donors (Lipinski definition) is 1. The summed E-state index contributed by atoms with van der Waals surface area (Å²) in [5.41, 5.74) is 0. The Morgan fingerprint density at radius 1 is 1.61 bits per heavy atom. The summed E-state index contributed by atoms with van der Waals surface area (Å²) in [6.07, 6.45) is 3.15. The molecule has 0 aliphatic carbocycles. The number of rotatable bonds is 4. The van der Waals surface area contributed by atoms with Crippen molar-refractivity contribution in [2.24, 2.45) is 0 Å². The first-order valence-corrected chi connectivity index (χ1v) is 7.38. The minimum Gasteiger partial charge on any atom is -0.332 e. The number of H-pyrrole nitrogens is 1. The summed E-state index contributed by atoms with van der Waals surface area (Å²) in [6, 6.07) is -0.212. The lowest BCUT2D eigenvalue weighted by atomic mass is 10.1. The highest BCUT2D eigenvalue weighted by Crippen LogP contribution is 2.27. The molecular formula is C11H17N3O3S. The molecule has 1 aromatic rings. The molecule has 1 saturated heterocycles. The fraction of sp³-hybridized carbons (Fsp3) is 0.636. The zero-order valence-electron chi connectivity index (χ0n) is 10.5. The average Bonchev–Trinajstić information content (AvgIpc) is 2.86. The van der Waals surface area contributed by atoms with Crippen LogP contribution in [-0.4, -0.2) is 41.1 Å². The molecule has 1 fully saturated rings. The first-order valence-electron chi connectivity index (χ1n) is 5.94. The van der Waals surface area contributed by atoms with E-state index in [4.69, 9.17) is 0 Å². The second-order valence-corrected chi connectivity index (χ2v) is 6.51. The van der Waals surface area contributed by atoms with Gasteiger partial charge in [-0.05, 0) is 26.7 Å². The Labute approximate surface area is 106 Å². The van der Waals surface area contributed by atoms with Crippen molar-refractivity contribution in [2.45, 2.75) is 44.2 Å². The summed E-state index contributed by atoms with van der Waals surface area (Å²) in [6.45, 7) is 3.66. The molecule has 6 nitrogen and oxygen atoms in total. The van der Waals surface area contributed by atoms with Crippen LogP contribution in [0, 0.1) is 6.92 Å². The van der Waals surface area contributed by atoms with Crippen molar-refractivity contribution in [1.29, 1.82) is 0 Å². The van der Waals surface area contributed by atoms with Gasteiger partial charge >= 0.3 is 0 Å². The molecular weight excluding hydrogens is 254 g/mol. The number of ketones is 1. The van der Waals surface area contributed by atoms with E-state index in [2.05, 4.69) is 9.97 Å². The van der Waals surface area contributed by atoms with Gasteiger partial charge in [0.05, 0.1) is 6.20 Å². The van der Waals surface area contributed by atoms with Gasteiger partial charge in [0.25, 0.3) is 10.0 Å². The molecule has 1 N–H and O–H groups in total. The van der Waals surface area contributed by atoms with Gasteiger partial charge in [0.1, 0.15) is 11.6 Å². The normalized spacial score (nSPS) is 21.3. The van der Waals surface area contributed by atoms with Crippen molar-refractivity contribution in [3.8, 4) is 0 Å². The van der Waals surface area contributed by atoms with E-state index >= 15 is 0 Å². The molecule has 1 aliphatic heterocycles. The molecule has 7 heteroatoms. The average molecular weight is 271 g/mol. The molecule has 2 rings (SSSR count). The van der Waals surface area contributed by atoms with Crippen molar-refractivity contribution in [2.75, 3.05) is 6.54 Å². The minimum absolute atomic E-state index is 0.0166. The highest BCUT2D eigenvalue weighted by Gasteiger charge is 2.36. The maximum atomic E-state index is 12.4. The third-order valence-corrected chi connectivity index (χ3v) is 4.97. The number of hydrogen-bond acceptors (Lipinski definition) is 4. The first-order chi connectivity index (χ1) is 8.41. The van der Waals surface area contributed by atoms with Crippen LogP contribution < -0.4 is 0 Å². The van der Waals surface area contributed by atoms with Crippen molar-refractivity contribution in [3.05, 3.63) is 12.0 Å². The number of carbonyl (C=O) groups excluding carboxylic acids is 1. The van der Waals surface area contributed by atoms with Gasteiger partial charge in [0, 0.05) is 19.0 Å². The highest BCUT2D eigenvalue weighted by atomic mass is 32.2. The molecule has 1 aromatic heterocycles. The highest BCUT2D eigenvalue weighted by molar-refractivity contribution is 7.89. The standard InChI is InChI=1S/C11H17N3O3S/c1-8(15)6-10-4-3-5-14(10)18(16,17)11-7-12-9(2)13-11/h7,10H,3-6H2,1-2H3,(H,12,13). The van der Waals surface area contributed by atoms with Gasteiger partial charge in [-0.15, -0.1) is 0 Å². The Hall–Kier alpha value is -1.21. The van der Waals surface area contributed by atoms with Crippen LogP contribution in [0.5, 0.6) is 0 Å². The van der Waals surface area contributed by atoms with Crippen molar-refractivity contribution in [1.82, 2.24) is 14.3 Å². The van der Waals surface area contributed by atoms with Gasteiger partial charge in [-0.25, -0.2) is 13.4 Å². The summed E-state index contributed by atoms with van der Waals surface area (Å²) < 4.78 is 26.2. The number of aromatic amines is 1. The van der Waals surface area contributed by atoms with Gasteiger partial charge in [-0.3, -0.25) is 4.79 Å². The molecule has 1 unspecified atom stereocenters. The SMILES string of the molecule is CC(=O)CC1CCCN1S(=O)(=O)c1cnc(C)[nH]1. The van der Waals surface area contributed by atoms with Crippen molar-refractivity contribution in [3.63, 3.8) is 0 Å². The quantitative estimate of drug-likeness (QED) is 0.880. The van der Waals surface area contributed by atoms with Crippen LogP contribution in [-0.2, 0) is 14.8 Å². The van der Waals surface area contributed by atoms with Gasteiger partial charge in [0.15, 0.2) is 5.03 Å². The Morgan fingerprint density at radius 2 is 2.33 bits per heavy atom. The van der Waals surface area contributed by atoms with Gasteiger partial charge in [-0.1, -0.05) is 0 Å². The lowest BCUT2D eigenvalue weighted by Crippen LogP contribution is -2.36. The Kier molecular flexibility index (Phi) is 3.54. The Bertz CT molecular complexity index is 550. The second kappa shape index (κ2) is 4.81. The predicted octanol–water partition coefficient (Wildman–Crippen LogP) is 0.850. The molecule has 0 bridgehead atoms. The third kappa shape index (κ3) is 2.46. The fourth-order valence-corrected chi connectivity index (χ4v) is 3.97. The summed E-state index contributed by atoms with van der Waals surface area (Å²) >= 11 is 0. The Balaban J connectivity index is 2.26. The largest absolute Gasteiger partial charge is 0.332 e. The molecule has 0 saturated carbocycles. The number of sulfonamides is 1. The van der Waals surface area contributed by atoms with E-state index in [-0.39, 0.29) is 23.3 Å². The van der Waals surface area contributed by atoms with E-state index in [0.29, 0.717) is 12.4 Å². The lowest BCUT2D eigenvalue weighted by Gasteiger charge is -2.22. The van der Waals surface area contributed by atoms with Crippen LogP contribution in [0.2, 0.25) is 0 Å². The zero-order valence-corrected chi connectivity index (χ0v) is 11.3. The van der Waals surface area contributed by atoms with E-state index in [1.807, 2.05) is 0 Å². The molecule has 0 radical (unpaired) electrons.